The van der Waals surface area contributed by atoms with Gasteiger partial charge in [-0.15, -0.1) is 0 Å². The lowest BCUT2D eigenvalue weighted by molar-refractivity contribution is -0.384. The van der Waals surface area contributed by atoms with Gasteiger partial charge >= 0.3 is 0 Å². The number of rotatable bonds is 3. The van der Waals surface area contributed by atoms with E-state index in [0.29, 0.717) is 22.7 Å². The molecule has 1 aromatic carbocycles. The van der Waals surface area contributed by atoms with Gasteiger partial charge in [-0.2, -0.15) is 0 Å². The molecule has 2 aliphatic rings. The van der Waals surface area contributed by atoms with Crippen molar-refractivity contribution in [3.8, 4) is 0 Å². The molecule has 26 heavy (non-hydrogen) atoms. The van der Waals surface area contributed by atoms with Gasteiger partial charge in [-0.1, -0.05) is 13.8 Å². The number of amides is 1. The third kappa shape index (κ3) is 2.62. The van der Waals surface area contributed by atoms with Gasteiger partial charge < -0.3 is 10.3 Å². The molecule has 0 radical (unpaired) electrons. The number of aryl methyl sites for hydroxylation is 1. The monoisotopic (exact) mass is 351 g/mol. The first-order valence-electron chi connectivity index (χ1n) is 9.01. The topological polar surface area (TPSA) is 88.0 Å². The average Bonchev–Trinajstić information content (AvgIpc) is 3.12. The van der Waals surface area contributed by atoms with Crippen molar-refractivity contribution in [2.45, 2.75) is 45.4 Å². The fourth-order valence-electron chi connectivity index (χ4n) is 4.08. The normalized spacial score (nSPS) is 17.3. The van der Waals surface area contributed by atoms with Gasteiger partial charge in [0.15, 0.2) is 0 Å². The van der Waals surface area contributed by atoms with E-state index < -0.39 is 4.92 Å². The third-order valence-corrected chi connectivity index (χ3v) is 5.23. The SMILES string of the molecule is CC(C)c1c(C=C2C(=O)Nc3ccc([N+](=O)[O-])cc32)[nH]c2c1CCCC2. The molecule has 0 saturated heterocycles. The van der Waals surface area contributed by atoms with Crippen molar-refractivity contribution in [2.75, 3.05) is 5.32 Å². The second-order valence-electron chi connectivity index (χ2n) is 7.27. The molecule has 0 spiro atoms. The highest BCUT2D eigenvalue weighted by atomic mass is 16.6. The Labute approximate surface area is 151 Å². The van der Waals surface area contributed by atoms with Crippen molar-refractivity contribution < 1.29 is 9.72 Å². The number of nitrogens with one attached hydrogen (secondary N) is 2. The van der Waals surface area contributed by atoms with Gasteiger partial charge in [-0.25, -0.2) is 0 Å². The first-order chi connectivity index (χ1) is 12.5. The summed E-state index contributed by atoms with van der Waals surface area (Å²) in [7, 11) is 0. The van der Waals surface area contributed by atoms with E-state index in [2.05, 4.69) is 24.1 Å². The first-order valence-corrected chi connectivity index (χ1v) is 9.01. The Morgan fingerprint density at radius 2 is 2.00 bits per heavy atom. The molecule has 2 heterocycles. The average molecular weight is 351 g/mol. The molecular weight excluding hydrogens is 330 g/mol. The maximum absolute atomic E-state index is 12.5. The second-order valence-corrected chi connectivity index (χ2v) is 7.27. The lowest BCUT2D eigenvalue weighted by atomic mass is 9.89. The molecule has 1 aliphatic carbocycles. The van der Waals surface area contributed by atoms with Crippen LogP contribution in [0.15, 0.2) is 18.2 Å². The quantitative estimate of drug-likeness (QED) is 0.487. The summed E-state index contributed by atoms with van der Waals surface area (Å²) in [6, 6.07) is 4.47. The van der Waals surface area contributed by atoms with Gasteiger partial charge in [0.25, 0.3) is 11.6 Å². The number of anilines is 1. The highest BCUT2D eigenvalue weighted by Crippen LogP contribution is 2.38. The van der Waals surface area contributed by atoms with Gasteiger partial charge in [0.05, 0.1) is 10.5 Å². The van der Waals surface area contributed by atoms with Crippen molar-refractivity contribution in [1.29, 1.82) is 0 Å². The van der Waals surface area contributed by atoms with Crippen molar-refractivity contribution >= 4 is 28.9 Å². The van der Waals surface area contributed by atoms with E-state index >= 15 is 0 Å². The summed E-state index contributed by atoms with van der Waals surface area (Å²) in [5, 5.41) is 13.9. The predicted octanol–water partition coefficient (Wildman–Crippen LogP) is 4.42. The van der Waals surface area contributed by atoms with Crippen LogP contribution in [0.4, 0.5) is 11.4 Å². The summed E-state index contributed by atoms with van der Waals surface area (Å²) in [5.74, 6) is 0.122. The Morgan fingerprint density at radius 1 is 1.23 bits per heavy atom. The summed E-state index contributed by atoms with van der Waals surface area (Å²) in [6.07, 6.45) is 6.33. The maximum atomic E-state index is 12.5. The molecule has 1 aromatic heterocycles. The Hall–Kier alpha value is -2.89. The summed E-state index contributed by atoms with van der Waals surface area (Å²) in [5.41, 5.74) is 6.54. The van der Waals surface area contributed by atoms with Crippen molar-refractivity contribution in [3.05, 3.63) is 56.4 Å². The molecule has 4 rings (SSSR count). The minimum absolute atomic E-state index is 0.0130. The number of nitro groups is 1. The third-order valence-electron chi connectivity index (χ3n) is 5.23. The predicted molar refractivity (Wildman–Crippen MR) is 101 cm³/mol. The molecule has 0 unspecified atom stereocenters. The summed E-state index contributed by atoms with van der Waals surface area (Å²) < 4.78 is 0. The number of nitro benzene ring substituents is 1. The summed E-state index contributed by atoms with van der Waals surface area (Å²) >= 11 is 0. The molecule has 0 saturated carbocycles. The Kier molecular flexibility index (Phi) is 3.90. The summed E-state index contributed by atoms with van der Waals surface area (Å²) in [6.45, 7) is 4.32. The van der Waals surface area contributed by atoms with E-state index in [9.17, 15) is 14.9 Å². The number of hydrogen-bond donors (Lipinski definition) is 2. The highest BCUT2D eigenvalue weighted by molar-refractivity contribution is 6.35. The van der Waals surface area contributed by atoms with Gasteiger partial charge in [0.2, 0.25) is 0 Å². The molecule has 0 atom stereocenters. The molecule has 1 amide bonds. The number of H-pyrrole nitrogens is 1. The second kappa shape index (κ2) is 6.12. The van der Waals surface area contributed by atoms with Crippen molar-refractivity contribution in [1.82, 2.24) is 4.98 Å². The van der Waals surface area contributed by atoms with Crippen LogP contribution in [0.3, 0.4) is 0 Å². The van der Waals surface area contributed by atoms with Crippen LogP contribution in [0.2, 0.25) is 0 Å². The Morgan fingerprint density at radius 3 is 2.73 bits per heavy atom. The fourth-order valence-corrected chi connectivity index (χ4v) is 4.08. The van der Waals surface area contributed by atoms with Crippen LogP contribution >= 0.6 is 0 Å². The number of fused-ring (bicyclic) bond motifs is 2. The van der Waals surface area contributed by atoms with Gasteiger partial charge in [-0.3, -0.25) is 14.9 Å². The first kappa shape index (κ1) is 16.6. The number of aromatic nitrogens is 1. The highest BCUT2D eigenvalue weighted by Gasteiger charge is 2.28. The number of carbonyl (C=O) groups excluding carboxylic acids is 1. The van der Waals surface area contributed by atoms with Crippen LogP contribution < -0.4 is 5.32 Å². The zero-order chi connectivity index (χ0) is 18.4. The van der Waals surface area contributed by atoms with Gasteiger partial charge in [-0.05, 0) is 54.9 Å². The smallest absolute Gasteiger partial charge is 0.270 e. The molecular formula is C20H21N3O3. The largest absolute Gasteiger partial charge is 0.358 e. The Balaban J connectivity index is 1.86. The molecule has 1 aliphatic heterocycles. The molecule has 134 valence electrons. The van der Waals surface area contributed by atoms with E-state index in [1.165, 1.54) is 41.8 Å². The van der Waals surface area contributed by atoms with Crippen LogP contribution in [0.25, 0.3) is 11.6 Å². The van der Waals surface area contributed by atoms with Crippen LogP contribution in [0.5, 0.6) is 0 Å². The zero-order valence-corrected chi connectivity index (χ0v) is 14.9. The zero-order valence-electron chi connectivity index (χ0n) is 14.9. The van der Waals surface area contributed by atoms with E-state index in [1.54, 1.807) is 6.07 Å². The minimum Gasteiger partial charge on any atom is -0.358 e. The van der Waals surface area contributed by atoms with Crippen LogP contribution in [0.1, 0.15) is 60.7 Å². The number of nitrogens with zero attached hydrogens (tertiary/aromatic N) is 1. The van der Waals surface area contributed by atoms with Crippen molar-refractivity contribution in [3.63, 3.8) is 0 Å². The molecule has 2 aromatic rings. The number of aromatic amines is 1. The molecule has 6 nitrogen and oxygen atoms in total. The standard InChI is InChI=1S/C20H21N3O3/c1-11(2)19-13-5-3-4-6-16(13)21-18(19)10-15-14-9-12(23(25)26)7-8-17(14)22-20(15)24/h7-11,21H,3-6H2,1-2H3,(H,22,24). The maximum Gasteiger partial charge on any atom is 0.270 e. The van der Waals surface area contributed by atoms with Crippen LogP contribution in [0, 0.1) is 10.1 Å². The molecule has 6 heteroatoms. The van der Waals surface area contributed by atoms with Crippen LogP contribution in [-0.4, -0.2) is 15.8 Å². The minimum atomic E-state index is -0.437. The van der Waals surface area contributed by atoms with Crippen molar-refractivity contribution in [2.24, 2.45) is 0 Å². The Bertz CT molecular complexity index is 953. The van der Waals surface area contributed by atoms with Gasteiger partial charge in [0.1, 0.15) is 0 Å². The van der Waals surface area contributed by atoms with E-state index in [4.69, 9.17) is 0 Å². The molecule has 0 bridgehead atoms. The molecule has 2 N–H and O–H groups in total. The lowest BCUT2D eigenvalue weighted by Gasteiger charge is -2.14. The van der Waals surface area contributed by atoms with Gasteiger partial charge in [0, 0.05) is 34.8 Å². The number of hydrogen-bond acceptors (Lipinski definition) is 3. The number of carbonyl (C=O) groups is 1. The number of non-ortho nitro benzene ring substituents is 1. The molecule has 0 fully saturated rings. The van der Waals surface area contributed by atoms with E-state index in [0.717, 1.165) is 18.5 Å². The fraction of sp³-hybridized carbons (Fsp3) is 0.350. The van der Waals surface area contributed by atoms with E-state index in [1.807, 2.05) is 6.08 Å². The van der Waals surface area contributed by atoms with E-state index in [-0.39, 0.29) is 11.6 Å². The van der Waals surface area contributed by atoms with Crippen LogP contribution in [-0.2, 0) is 17.6 Å². The lowest BCUT2D eigenvalue weighted by Crippen LogP contribution is -2.04. The summed E-state index contributed by atoms with van der Waals surface area (Å²) in [4.78, 5) is 26.6. The number of benzene rings is 1.